The summed E-state index contributed by atoms with van der Waals surface area (Å²) in [5, 5.41) is 14.3. The minimum Gasteiger partial charge on any atom is -0.323 e. The second-order valence-electron chi connectivity index (χ2n) is 9.08. The van der Waals surface area contributed by atoms with Gasteiger partial charge < -0.3 is 5.32 Å². The molecule has 33 heavy (non-hydrogen) atoms. The number of imide groups is 1. The van der Waals surface area contributed by atoms with Crippen LogP contribution in [0.3, 0.4) is 0 Å². The number of nitrogens with one attached hydrogen (secondary N) is 1. The molecule has 2 aromatic rings. The lowest BCUT2D eigenvalue weighted by molar-refractivity contribution is -0.384. The molecule has 168 valence electrons. The number of non-ortho nitro benzene ring substituents is 1. The number of rotatable bonds is 2. The average molecular weight is 467 g/mol. The Morgan fingerprint density at radius 1 is 1.15 bits per heavy atom. The summed E-state index contributed by atoms with van der Waals surface area (Å²) in [6, 6.07) is 8.73. The highest BCUT2D eigenvalue weighted by molar-refractivity contribution is 6.35. The molecule has 4 atom stereocenters. The zero-order chi connectivity index (χ0) is 23.2. The first-order valence-corrected chi connectivity index (χ1v) is 11.2. The lowest BCUT2D eigenvalue weighted by Crippen LogP contribution is -2.54. The highest BCUT2D eigenvalue weighted by Crippen LogP contribution is 2.61. The van der Waals surface area contributed by atoms with Crippen molar-refractivity contribution in [2.45, 2.75) is 31.3 Å². The number of nitro groups is 1. The van der Waals surface area contributed by atoms with Gasteiger partial charge in [-0.05, 0) is 50.1 Å². The zero-order valence-corrected chi connectivity index (χ0v) is 18.3. The molecule has 1 spiro atoms. The molecule has 0 aromatic heterocycles. The largest absolute Gasteiger partial charge is 0.323 e. The van der Waals surface area contributed by atoms with Crippen molar-refractivity contribution in [1.82, 2.24) is 4.90 Å². The monoisotopic (exact) mass is 466 g/mol. The van der Waals surface area contributed by atoms with Gasteiger partial charge in [-0.1, -0.05) is 17.7 Å². The van der Waals surface area contributed by atoms with E-state index >= 15 is 0 Å². The van der Waals surface area contributed by atoms with E-state index in [-0.39, 0.29) is 29.2 Å². The van der Waals surface area contributed by atoms with Gasteiger partial charge in [0.1, 0.15) is 5.54 Å². The van der Waals surface area contributed by atoms with Gasteiger partial charge >= 0.3 is 0 Å². The highest BCUT2D eigenvalue weighted by Gasteiger charge is 2.74. The van der Waals surface area contributed by atoms with E-state index in [1.807, 2.05) is 17.9 Å². The van der Waals surface area contributed by atoms with Crippen LogP contribution in [0.1, 0.15) is 24.0 Å². The van der Waals surface area contributed by atoms with Gasteiger partial charge in [-0.15, -0.1) is 0 Å². The predicted molar refractivity (Wildman–Crippen MR) is 119 cm³/mol. The van der Waals surface area contributed by atoms with Crippen molar-refractivity contribution < 1.29 is 19.3 Å². The Bertz CT molecular complexity index is 1280. The molecular formula is C23H19ClN4O5. The van der Waals surface area contributed by atoms with Crippen LogP contribution in [0.2, 0.25) is 5.02 Å². The summed E-state index contributed by atoms with van der Waals surface area (Å²) in [7, 11) is 0. The van der Waals surface area contributed by atoms with E-state index in [4.69, 9.17) is 11.6 Å². The average Bonchev–Trinajstić information content (AvgIpc) is 3.47. The number of carbonyl (C=O) groups is 3. The van der Waals surface area contributed by atoms with Crippen LogP contribution >= 0.6 is 11.6 Å². The van der Waals surface area contributed by atoms with Crippen LogP contribution in [0, 0.1) is 28.9 Å². The number of carbonyl (C=O) groups excluding carboxylic acids is 3. The molecule has 3 amide bonds. The number of nitro benzene ring substituents is 1. The summed E-state index contributed by atoms with van der Waals surface area (Å²) < 4.78 is 0. The summed E-state index contributed by atoms with van der Waals surface area (Å²) in [4.78, 5) is 54.8. The molecule has 4 heterocycles. The molecule has 4 aliphatic rings. The van der Waals surface area contributed by atoms with Crippen molar-refractivity contribution in [1.29, 1.82) is 0 Å². The van der Waals surface area contributed by atoms with Gasteiger partial charge in [0.2, 0.25) is 11.8 Å². The molecule has 1 N–H and O–H groups in total. The standard InChI is InChI=1S/C23H19ClN4O5/c1-11-9-14-19(15(24)10-11)25-22(31)23(14)18-17(16-3-2-8-26(16)23)20(29)27(21(18)30)12-4-6-13(7-5-12)28(32)33/h4-7,9-10,16-18H,2-3,8H2,1H3,(H,25,31)/t16-,17-,18+,23+/m1/s1. The number of amides is 3. The first-order chi connectivity index (χ1) is 15.8. The maximum atomic E-state index is 13.9. The number of nitrogens with zero attached hydrogens (tertiary/aromatic N) is 3. The molecule has 4 aliphatic heterocycles. The van der Waals surface area contributed by atoms with Crippen molar-refractivity contribution in [3.8, 4) is 0 Å². The summed E-state index contributed by atoms with van der Waals surface area (Å²) >= 11 is 6.47. The van der Waals surface area contributed by atoms with Crippen molar-refractivity contribution >= 4 is 46.4 Å². The van der Waals surface area contributed by atoms with Gasteiger partial charge in [0.05, 0.1) is 33.2 Å². The fourth-order valence-electron chi connectivity index (χ4n) is 6.37. The zero-order valence-electron chi connectivity index (χ0n) is 17.6. The third kappa shape index (κ3) is 2.38. The fourth-order valence-corrected chi connectivity index (χ4v) is 6.69. The minimum atomic E-state index is -1.31. The minimum absolute atomic E-state index is 0.134. The second-order valence-corrected chi connectivity index (χ2v) is 9.49. The van der Waals surface area contributed by atoms with E-state index in [2.05, 4.69) is 5.32 Å². The number of aryl methyl sites for hydroxylation is 1. The number of fused-ring (bicyclic) bond motifs is 7. The first-order valence-electron chi connectivity index (χ1n) is 10.8. The summed E-state index contributed by atoms with van der Waals surface area (Å²) in [6.07, 6.45) is 1.52. The van der Waals surface area contributed by atoms with Crippen LogP contribution in [-0.2, 0) is 19.9 Å². The quantitative estimate of drug-likeness (QED) is 0.413. The molecule has 10 heteroatoms. The van der Waals surface area contributed by atoms with Gasteiger partial charge in [-0.2, -0.15) is 0 Å². The molecule has 3 saturated heterocycles. The van der Waals surface area contributed by atoms with Crippen molar-refractivity contribution in [2.75, 3.05) is 16.8 Å². The van der Waals surface area contributed by atoms with Crippen LogP contribution in [0.25, 0.3) is 0 Å². The Hall–Kier alpha value is -3.30. The summed E-state index contributed by atoms with van der Waals surface area (Å²) in [5.41, 5.74) is 0.823. The predicted octanol–water partition coefficient (Wildman–Crippen LogP) is 2.99. The summed E-state index contributed by atoms with van der Waals surface area (Å²) in [6.45, 7) is 2.48. The molecule has 6 rings (SSSR count). The van der Waals surface area contributed by atoms with Crippen LogP contribution < -0.4 is 10.2 Å². The molecule has 0 saturated carbocycles. The third-order valence-electron chi connectivity index (χ3n) is 7.52. The van der Waals surface area contributed by atoms with E-state index in [9.17, 15) is 24.5 Å². The lowest BCUT2D eigenvalue weighted by Gasteiger charge is -2.36. The van der Waals surface area contributed by atoms with E-state index in [0.717, 1.165) is 16.9 Å². The number of hydrogen-bond acceptors (Lipinski definition) is 6. The van der Waals surface area contributed by atoms with Crippen molar-refractivity contribution in [2.24, 2.45) is 11.8 Å². The van der Waals surface area contributed by atoms with Crippen LogP contribution in [0.15, 0.2) is 36.4 Å². The Morgan fingerprint density at radius 2 is 1.88 bits per heavy atom. The van der Waals surface area contributed by atoms with Gasteiger partial charge in [0.15, 0.2) is 0 Å². The van der Waals surface area contributed by atoms with Crippen LogP contribution in [0.4, 0.5) is 17.1 Å². The van der Waals surface area contributed by atoms with Gasteiger partial charge in [-0.3, -0.25) is 29.4 Å². The van der Waals surface area contributed by atoms with Crippen molar-refractivity contribution in [3.05, 3.63) is 62.7 Å². The SMILES string of the molecule is Cc1cc(Cl)c2c(c1)[C@@]1(C(=O)N2)[C@@H]2C(=O)N(c3ccc([N+](=O)[O-])cc3)C(=O)[C@@H]2[C@H]2CCCN21. The molecule has 3 fully saturated rings. The topological polar surface area (TPSA) is 113 Å². The Morgan fingerprint density at radius 3 is 2.58 bits per heavy atom. The molecule has 0 aliphatic carbocycles. The van der Waals surface area contributed by atoms with Crippen LogP contribution in [0.5, 0.6) is 0 Å². The number of hydrogen-bond donors (Lipinski definition) is 1. The van der Waals surface area contributed by atoms with E-state index < -0.39 is 28.2 Å². The molecule has 0 bridgehead atoms. The fraction of sp³-hybridized carbons (Fsp3) is 0.348. The molecule has 0 unspecified atom stereocenters. The smallest absolute Gasteiger partial charge is 0.269 e. The summed E-state index contributed by atoms with van der Waals surface area (Å²) in [5.74, 6) is -2.74. The number of halogens is 1. The van der Waals surface area contributed by atoms with E-state index in [1.165, 1.54) is 24.3 Å². The van der Waals surface area contributed by atoms with Gasteiger partial charge in [0, 0.05) is 23.7 Å². The normalized spacial score (nSPS) is 30.1. The van der Waals surface area contributed by atoms with Gasteiger partial charge in [-0.25, -0.2) is 4.90 Å². The lowest BCUT2D eigenvalue weighted by atomic mass is 9.75. The van der Waals surface area contributed by atoms with Crippen molar-refractivity contribution in [3.63, 3.8) is 0 Å². The van der Waals surface area contributed by atoms with Gasteiger partial charge in [0.25, 0.3) is 11.6 Å². The maximum Gasteiger partial charge on any atom is 0.269 e. The first kappa shape index (κ1) is 20.3. The molecule has 2 aromatic carbocycles. The Labute approximate surface area is 193 Å². The number of benzene rings is 2. The molecular weight excluding hydrogens is 448 g/mol. The Balaban J connectivity index is 1.53. The maximum absolute atomic E-state index is 13.9. The Kier molecular flexibility index (Phi) is 4.07. The third-order valence-corrected chi connectivity index (χ3v) is 7.81. The van der Waals surface area contributed by atoms with E-state index in [0.29, 0.717) is 29.2 Å². The number of anilines is 2. The molecule has 9 nitrogen and oxygen atoms in total. The highest BCUT2D eigenvalue weighted by atomic mass is 35.5. The second kappa shape index (κ2) is 6.61. The van der Waals surface area contributed by atoms with Crippen LogP contribution in [-0.4, -0.2) is 40.1 Å². The molecule has 0 radical (unpaired) electrons. The van der Waals surface area contributed by atoms with E-state index in [1.54, 1.807) is 6.07 Å².